The van der Waals surface area contributed by atoms with Crippen LogP contribution < -0.4 is 4.74 Å². The zero-order valence-corrected chi connectivity index (χ0v) is 10.3. The van der Waals surface area contributed by atoms with Gasteiger partial charge in [-0.25, -0.2) is 8.78 Å². The van der Waals surface area contributed by atoms with Gasteiger partial charge < -0.3 is 4.74 Å². The molecular weight excluding hydrogens is 250 g/mol. The fourth-order valence-electron chi connectivity index (χ4n) is 1.61. The molecule has 2 rings (SSSR count). The Morgan fingerprint density at radius 3 is 2.47 bits per heavy atom. The predicted molar refractivity (Wildman–Crippen MR) is 67.1 cm³/mol. The van der Waals surface area contributed by atoms with E-state index in [1.54, 1.807) is 18.2 Å². The zero-order valence-electron chi connectivity index (χ0n) is 10.3. The van der Waals surface area contributed by atoms with Gasteiger partial charge in [0.05, 0.1) is 0 Å². The molecule has 0 aliphatic heterocycles. The van der Waals surface area contributed by atoms with Crippen LogP contribution in [0.15, 0.2) is 42.5 Å². The second-order valence-electron chi connectivity index (χ2n) is 4.08. The highest BCUT2D eigenvalue weighted by molar-refractivity contribution is 5.94. The third-order valence-electron chi connectivity index (χ3n) is 2.68. The van der Waals surface area contributed by atoms with Gasteiger partial charge in [0.1, 0.15) is 12.4 Å². The van der Waals surface area contributed by atoms with E-state index in [2.05, 4.69) is 0 Å². The minimum atomic E-state index is -0.635. The van der Waals surface area contributed by atoms with Crippen molar-refractivity contribution in [2.45, 2.75) is 13.5 Å². The molecule has 0 radical (unpaired) electrons. The molecule has 0 N–H and O–H groups in total. The lowest BCUT2D eigenvalue weighted by atomic mass is 10.1. The van der Waals surface area contributed by atoms with Gasteiger partial charge in [-0.2, -0.15) is 0 Å². The van der Waals surface area contributed by atoms with Gasteiger partial charge in [0.15, 0.2) is 17.3 Å². The molecule has 4 heteroatoms. The summed E-state index contributed by atoms with van der Waals surface area (Å²) < 4.78 is 32.2. The normalized spacial score (nSPS) is 10.3. The number of hydrogen-bond acceptors (Lipinski definition) is 2. The third-order valence-corrected chi connectivity index (χ3v) is 2.68. The van der Waals surface area contributed by atoms with Crippen LogP contribution >= 0.6 is 0 Å². The topological polar surface area (TPSA) is 26.3 Å². The number of ketones is 1. The first-order valence-electron chi connectivity index (χ1n) is 5.74. The zero-order chi connectivity index (χ0) is 13.8. The number of benzene rings is 2. The van der Waals surface area contributed by atoms with Crippen LogP contribution in [0.1, 0.15) is 22.8 Å². The molecule has 2 nitrogen and oxygen atoms in total. The van der Waals surface area contributed by atoms with Gasteiger partial charge in [-0.3, -0.25) is 4.79 Å². The maximum Gasteiger partial charge on any atom is 0.165 e. The number of halogens is 2. The van der Waals surface area contributed by atoms with Gasteiger partial charge in [-0.1, -0.05) is 18.2 Å². The molecule has 0 aliphatic carbocycles. The number of rotatable bonds is 4. The Morgan fingerprint density at radius 1 is 1.11 bits per heavy atom. The summed E-state index contributed by atoms with van der Waals surface area (Å²) in [6, 6.07) is 10.1. The Hall–Kier alpha value is -2.23. The molecule has 0 aliphatic rings. The van der Waals surface area contributed by atoms with Crippen molar-refractivity contribution in [1.82, 2.24) is 0 Å². The number of ether oxygens (including phenoxy) is 1. The van der Waals surface area contributed by atoms with Gasteiger partial charge >= 0.3 is 0 Å². The molecule has 0 saturated heterocycles. The van der Waals surface area contributed by atoms with Crippen LogP contribution in [0.25, 0.3) is 0 Å². The van der Waals surface area contributed by atoms with Crippen molar-refractivity contribution < 1.29 is 18.3 Å². The number of carbonyl (C=O) groups excluding carboxylic acids is 1. The highest BCUT2D eigenvalue weighted by Gasteiger charge is 2.08. The fourth-order valence-corrected chi connectivity index (χ4v) is 1.61. The first kappa shape index (κ1) is 13.2. The van der Waals surface area contributed by atoms with Crippen molar-refractivity contribution in [3.05, 3.63) is 65.2 Å². The molecule has 0 amide bonds. The fraction of sp³-hybridized carbons (Fsp3) is 0.133. The number of Topliss-reactive ketones (excluding diaryl/α,β-unsaturated/α-hetero) is 1. The lowest BCUT2D eigenvalue weighted by Gasteiger charge is -2.08. The Morgan fingerprint density at radius 2 is 1.84 bits per heavy atom. The Labute approximate surface area is 109 Å². The van der Waals surface area contributed by atoms with Crippen LogP contribution in [0.2, 0.25) is 0 Å². The van der Waals surface area contributed by atoms with Crippen LogP contribution in [0.5, 0.6) is 5.75 Å². The van der Waals surface area contributed by atoms with Gasteiger partial charge in [-0.05, 0) is 31.2 Å². The van der Waals surface area contributed by atoms with E-state index in [1.165, 1.54) is 25.1 Å². The lowest BCUT2D eigenvalue weighted by Crippen LogP contribution is -2.01. The minimum absolute atomic E-state index is 0.00625. The Bertz CT molecular complexity index is 609. The molecule has 0 unspecified atom stereocenters. The molecule has 0 bridgehead atoms. The molecule has 2 aromatic carbocycles. The van der Waals surface area contributed by atoms with Gasteiger partial charge in [-0.15, -0.1) is 0 Å². The summed E-state index contributed by atoms with van der Waals surface area (Å²) >= 11 is 0. The molecular formula is C15H12F2O2. The third kappa shape index (κ3) is 3.16. The van der Waals surface area contributed by atoms with Crippen LogP contribution in [0, 0.1) is 11.6 Å². The Balaban J connectivity index is 2.12. The summed E-state index contributed by atoms with van der Waals surface area (Å²) in [6.45, 7) is 1.29. The van der Waals surface area contributed by atoms with E-state index in [-0.39, 0.29) is 23.7 Å². The van der Waals surface area contributed by atoms with E-state index < -0.39 is 11.6 Å². The summed E-state index contributed by atoms with van der Waals surface area (Å²) in [7, 11) is 0. The van der Waals surface area contributed by atoms with Crippen molar-refractivity contribution in [3.8, 4) is 5.75 Å². The molecule has 0 spiro atoms. The average molecular weight is 262 g/mol. The van der Waals surface area contributed by atoms with E-state index >= 15 is 0 Å². The average Bonchev–Trinajstić information content (AvgIpc) is 2.39. The summed E-state index contributed by atoms with van der Waals surface area (Å²) in [5.74, 6) is -1.26. The monoisotopic (exact) mass is 262 g/mol. The largest absolute Gasteiger partial charge is 0.486 e. The van der Waals surface area contributed by atoms with Crippen molar-refractivity contribution in [1.29, 1.82) is 0 Å². The molecule has 0 aromatic heterocycles. The second-order valence-corrected chi connectivity index (χ2v) is 4.08. The van der Waals surface area contributed by atoms with Crippen molar-refractivity contribution in [2.75, 3.05) is 0 Å². The second kappa shape index (κ2) is 5.61. The first-order valence-corrected chi connectivity index (χ1v) is 5.74. The number of hydrogen-bond donors (Lipinski definition) is 0. The number of carbonyl (C=O) groups is 1. The van der Waals surface area contributed by atoms with E-state index in [0.29, 0.717) is 5.56 Å². The molecule has 0 atom stereocenters. The van der Waals surface area contributed by atoms with Crippen LogP contribution in [-0.2, 0) is 6.61 Å². The summed E-state index contributed by atoms with van der Waals surface area (Å²) in [4.78, 5) is 11.1. The molecule has 0 heterocycles. The van der Waals surface area contributed by atoms with Crippen LogP contribution in [0.4, 0.5) is 8.78 Å². The predicted octanol–water partition coefficient (Wildman–Crippen LogP) is 3.75. The van der Waals surface area contributed by atoms with Gasteiger partial charge in [0.2, 0.25) is 0 Å². The van der Waals surface area contributed by atoms with Crippen LogP contribution in [0.3, 0.4) is 0 Å². The Kier molecular flexibility index (Phi) is 3.90. The molecule has 0 saturated carbocycles. The summed E-state index contributed by atoms with van der Waals surface area (Å²) in [5, 5.41) is 0. The van der Waals surface area contributed by atoms with Crippen LogP contribution in [-0.4, -0.2) is 5.78 Å². The van der Waals surface area contributed by atoms with E-state index in [4.69, 9.17) is 4.74 Å². The minimum Gasteiger partial charge on any atom is -0.486 e. The quantitative estimate of drug-likeness (QED) is 0.784. The van der Waals surface area contributed by atoms with E-state index in [1.807, 2.05) is 0 Å². The van der Waals surface area contributed by atoms with E-state index in [9.17, 15) is 13.6 Å². The molecule has 0 fully saturated rings. The molecule has 19 heavy (non-hydrogen) atoms. The maximum atomic E-state index is 13.6. The van der Waals surface area contributed by atoms with Gasteiger partial charge in [0, 0.05) is 11.1 Å². The first-order chi connectivity index (χ1) is 9.08. The highest BCUT2D eigenvalue weighted by Crippen LogP contribution is 2.20. The van der Waals surface area contributed by atoms with Crippen molar-refractivity contribution in [3.63, 3.8) is 0 Å². The smallest absolute Gasteiger partial charge is 0.165 e. The SMILES string of the molecule is CC(=O)c1ccc(OCc2ccccc2F)c(F)c1. The molecule has 2 aromatic rings. The summed E-state index contributed by atoms with van der Waals surface area (Å²) in [6.07, 6.45) is 0. The lowest BCUT2D eigenvalue weighted by molar-refractivity contribution is 0.101. The van der Waals surface area contributed by atoms with Gasteiger partial charge in [0.25, 0.3) is 0 Å². The highest BCUT2D eigenvalue weighted by atomic mass is 19.1. The summed E-state index contributed by atoms with van der Waals surface area (Å²) in [5.41, 5.74) is 0.619. The standard InChI is InChI=1S/C15H12F2O2/c1-10(18)11-6-7-15(14(17)8-11)19-9-12-4-2-3-5-13(12)16/h2-8H,9H2,1H3. The van der Waals surface area contributed by atoms with Crippen molar-refractivity contribution in [2.24, 2.45) is 0 Å². The van der Waals surface area contributed by atoms with Crippen molar-refractivity contribution >= 4 is 5.78 Å². The molecule has 98 valence electrons. The maximum absolute atomic E-state index is 13.6. The van der Waals surface area contributed by atoms with E-state index in [0.717, 1.165) is 6.07 Å².